The molecule has 0 saturated heterocycles. The highest BCUT2D eigenvalue weighted by atomic mass is 16.3. The monoisotopic (exact) mass is 251 g/mol. The van der Waals surface area contributed by atoms with Crippen molar-refractivity contribution in [2.24, 2.45) is 0 Å². The van der Waals surface area contributed by atoms with Crippen LogP contribution in [0.15, 0.2) is 60.7 Å². The second-order valence-corrected chi connectivity index (χ2v) is 4.62. The van der Waals surface area contributed by atoms with Crippen molar-refractivity contribution in [1.29, 1.82) is 5.26 Å². The maximum absolute atomic E-state index is 9.56. The van der Waals surface area contributed by atoms with E-state index in [1.54, 1.807) is 0 Å². The van der Waals surface area contributed by atoms with Crippen molar-refractivity contribution in [3.8, 4) is 6.07 Å². The maximum Gasteiger partial charge on any atom is 0.0719 e. The van der Waals surface area contributed by atoms with Gasteiger partial charge in [0.05, 0.1) is 12.0 Å². The summed E-state index contributed by atoms with van der Waals surface area (Å²) < 4.78 is 0. The molecule has 0 bridgehead atoms. The Morgan fingerprint density at radius 1 is 0.895 bits per heavy atom. The van der Waals surface area contributed by atoms with Gasteiger partial charge in [0, 0.05) is 12.5 Å². The first-order valence-corrected chi connectivity index (χ1v) is 6.45. The predicted octanol–water partition coefficient (Wildman–Crippen LogP) is 3.46. The second-order valence-electron chi connectivity index (χ2n) is 4.62. The molecule has 0 aromatic heterocycles. The minimum atomic E-state index is -0.182. The lowest BCUT2D eigenvalue weighted by molar-refractivity contribution is 0.257. The van der Waals surface area contributed by atoms with Crippen molar-refractivity contribution in [3.63, 3.8) is 0 Å². The van der Waals surface area contributed by atoms with E-state index in [4.69, 9.17) is 0 Å². The zero-order chi connectivity index (χ0) is 13.5. The third-order valence-corrected chi connectivity index (χ3v) is 3.37. The van der Waals surface area contributed by atoms with Gasteiger partial charge in [0.2, 0.25) is 0 Å². The Morgan fingerprint density at radius 3 is 1.89 bits per heavy atom. The van der Waals surface area contributed by atoms with Crippen LogP contribution < -0.4 is 0 Å². The van der Waals surface area contributed by atoms with Gasteiger partial charge in [-0.25, -0.2) is 0 Å². The van der Waals surface area contributed by atoms with E-state index in [1.807, 2.05) is 60.7 Å². The number of benzene rings is 2. The van der Waals surface area contributed by atoms with Crippen molar-refractivity contribution < 1.29 is 5.11 Å². The van der Waals surface area contributed by atoms with Crippen LogP contribution in [0.5, 0.6) is 0 Å². The fourth-order valence-electron chi connectivity index (χ4n) is 2.27. The predicted molar refractivity (Wildman–Crippen MR) is 75.7 cm³/mol. The Bertz CT molecular complexity index is 530. The van der Waals surface area contributed by atoms with E-state index < -0.39 is 0 Å². The van der Waals surface area contributed by atoms with Crippen molar-refractivity contribution in [2.45, 2.75) is 18.3 Å². The smallest absolute Gasteiger partial charge is 0.0719 e. The summed E-state index contributed by atoms with van der Waals surface area (Å²) in [5.41, 5.74) is 2.10. The maximum atomic E-state index is 9.56. The van der Waals surface area contributed by atoms with Gasteiger partial charge in [-0.15, -0.1) is 0 Å². The van der Waals surface area contributed by atoms with E-state index in [-0.39, 0.29) is 18.4 Å². The van der Waals surface area contributed by atoms with Gasteiger partial charge < -0.3 is 5.11 Å². The lowest BCUT2D eigenvalue weighted by Crippen LogP contribution is -2.09. The Morgan fingerprint density at radius 2 is 1.42 bits per heavy atom. The molecule has 0 amide bonds. The van der Waals surface area contributed by atoms with E-state index in [1.165, 1.54) is 0 Å². The molecule has 0 fully saturated rings. The average molecular weight is 251 g/mol. The second kappa shape index (κ2) is 6.72. The normalized spacial score (nSPS) is 13.5. The summed E-state index contributed by atoms with van der Waals surface area (Å²) in [6.07, 6.45) is 0.640. The third kappa shape index (κ3) is 3.43. The van der Waals surface area contributed by atoms with Crippen LogP contribution in [0, 0.1) is 11.3 Å². The van der Waals surface area contributed by atoms with Gasteiger partial charge in [-0.1, -0.05) is 60.7 Å². The molecular weight excluding hydrogens is 234 g/mol. The Balaban J connectivity index is 2.16. The summed E-state index contributed by atoms with van der Waals surface area (Å²) in [6.45, 7) is 0.0645. The quantitative estimate of drug-likeness (QED) is 0.884. The zero-order valence-electron chi connectivity index (χ0n) is 10.7. The molecule has 0 heterocycles. The van der Waals surface area contributed by atoms with Gasteiger partial charge in [-0.3, -0.25) is 0 Å². The summed E-state index contributed by atoms with van der Waals surface area (Å²) >= 11 is 0. The molecule has 96 valence electrons. The van der Waals surface area contributed by atoms with Crippen LogP contribution in [0.2, 0.25) is 0 Å². The molecule has 2 aromatic rings. The van der Waals surface area contributed by atoms with Gasteiger partial charge in [0.15, 0.2) is 0 Å². The van der Waals surface area contributed by atoms with Crippen LogP contribution in [0.4, 0.5) is 0 Å². The Kier molecular flexibility index (Phi) is 4.72. The van der Waals surface area contributed by atoms with Crippen LogP contribution in [-0.2, 0) is 0 Å². The Labute approximate surface area is 114 Å². The topological polar surface area (TPSA) is 44.0 Å². The number of hydrogen-bond donors (Lipinski definition) is 1. The minimum Gasteiger partial charge on any atom is -0.396 e. The van der Waals surface area contributed by atoms with Crippen LogP contribution in [0.25, 0.3) is 0 Å². The third-order valence-electron chi connectivity index (χ3n) is 3.37. The fraction of sp³-hybridized carbons (Fsp3) is 0.235. The molecule has 2 atom stereocenters. The molecule has 0 aliphatic rings. The van der Waals surface area contributed by atoms with Crippen LogP contribution in [0.3, 0.4) is 0 Å². The molecule has 0 spiro atoms. The van der Waals surface area contributed by atoms with E-state index >= 15 is 0 Å². The van der Waals surface area contributed by atoms with E-state index in [0.29, 0.717) is 6.42 Å². The lowest BCUT2D eigenvalue weighted by atomic mass is 9.86. The van der Waals surface area contributed by atoms with E-state index in [0.717, 1.165) is 11.1 Å². The molecule has 1 N–H and O–H groups in total. The molecule has 2 heteroatoms. The number of aliphatic hydroxyl groups excluding tert-OH is 1. The molecule has 0 saturated carbocycles. The molecule has 2 unspecified atom stereocenters. The highest BCUT2D eigenvalue weighted by Gasteiger charge is 2.18. The first-order chi connectivity index (χ1) is 9.35. The van der Waals surface area contributed by atoms with Gasteiger partial charge in [0.25, 0.3) is 0 Å². The first-order valence-electron chi connectivity index (χ1n) is 6.45. The minimum absolute atomic E-state index is 0.00561. The SMILES string of the molecule is N#CC(CC(CO)c1ccccc1)c1ccccc1. The fourth-order valence-corrected chi connectivity index (χ4v) is 2.27. The number of nitriles is 1. The largest absolute Gasteiger partial charge is 0.396 e. The molecule has 0 aliphatic heterocycles. The molecule has 0 aliphatic carbocycles. The van der Waals surface area contributed by atoms with E-state index in [9.17, 15) is 10.4 Å². The first kappa shape index (κ1) is 13.3. The van der Waals surface area contributed by atoms with Gasteiger partial charge in [-0.05, 0) is 17.5 Å². The standard InChI is InChI=1S/C17H17NO/c18-12-16(14-7-3-1-4-8-14)11-17(13-19)15-9-5-2-6-10-15/h1-10,16-17,19H,11,13H2. The number of aliphatic hydroxyl groups is 1. The summed E-state index contributed by atoms with van der Waals surface area (Å²) in [7, 11) is 0. The molecule has 2 rings (SSSR count). The molecule has 2 aromatic carbocycles. The Hall–Kier alpha value is -2.11. The van der Waals surface area contributed by atoms with Crippen LogP contribution in [0.1, 0.15) is 29.4 Å². The van der Waals surface area contributed by atoms with Gasteiger partial charge in [0.1, 0.15) is 0 Å². The number of rotatable bonds is 5. The van der Waals surface area contributed by atoms with Crippen molar-refractivity contribution in [1.82, 2.24) is 0 Å². The molecule has 19 heavy (non-hydrogen) atoms. The van der Waals surface area contributed by atoms with Crippen LogP contribution in [-0.4, -0.2) is 11.7 Å². The van der Waals surface area contributed by atoms with Gasteiger partial charge >= 0.3 is 0 Å². The van der Waals surface area contributed by atoms with Crippen molar-refractivity contribution in [3.05, 3.63) is 71.8 Å². The zero-order valence-corrected chi connectivity index (χ0v) is 10.7. The summed E-state index contributed by atoms with van der Waals surface area (Å²) in [5, 5.41) is 18.9. The van der Waals surface area contributed by atoms with Crippen LogP contribution >= 0.6 is 0 Å². The number of nitrogens with zero attached hydrogens (tertiary/aromatic N) is 1. The molecule has 0 radical (unpaired) electrons. The highest BCUT2D eigenvalue weighted by molar-refractivity contribution is 5.27. The summed E-state index contributed by atoms with van der Waals surface area (Å²) in [5.74, 6) is -0.176. The molecule has 2 nitrogen and oxygen atoms in total. The van der Waals surface area contributed by atoms with Crippen molar-refractivity contribution >= 4 is 0 Å². The summed E-state index contributed by atoms with van der Waals surface area (Å²) in [4.78, 5) is 0. The van der Waals surface area contributed by atoms with Crippen molar-refractivity contribution in [2.75, 3.05) is 6.61 Å². The van der Waals surface area contributed by atoms with E-state index in [2.05, 4.69) is 6.07 Å². The average Bonchev–Trinajstić information content (AvgIpc) is 2.50. The van der Waals surface area contributed by atoms with Gasteiger partial charge in [-0.2, -0.15) is 5.26 Å². The summed E-state index contributed by atoms with van der Waals surface area (Å²) in [6, 6.07) is 22.0. The number of hydrogen-bond acceptors (Lipinski definition) is 2. The lowest BCUT2D eigenvalue weighted by Gasteiger charge is -2.18. The molecular formula is C17H17NO. The highest BCUT2D eigenvalue weighted by Crippen LogP contribution is 2.29.